The van der Waals surface area contributed by atoms with Crippen molar-refractivity contribution in [3.8, 4) is 22.9 Å². The standard InChI is InChI=1S/C11H10BrN3O3/c1-5-2-6-10(17-4-16-6)9(12)8(5)11-14-7(3-13)18-15-11/h2H,3-4,13H2,1H3. The van der Waals surface area contributed by atoms with Crippen molar-refractivity contribution in [2.45, 2.75) is 13.5 Å². The van der Waals surface area contributed by atoms with Crippen LogP contribution in [0, 0.1) is 6.92 Å². The molecule has 2 aromatic rings. The molecule has 0 spiro atoms. The number of aryl methyl sites for hydroxylation is 1. The van der Waals surface area contributed by atoms with Gasteiger partial charge in [-0.1, -0.05) is 5.16 Å². The van der Waals surface area contributed by atoms with Gasteiger partial charge in [0, 0.05) is 5.56 Å². The van der Waals surface area contributed by atoms with Gasteiger partial charge in [-0.15, -0.1) is 0 Å². The lowest BCUT2D eigenvalue weighted by Gasteiger charge is -2.07. The van der Waals surface area contributed by atoms with Crippen LogP contribution >= 0.6 is 15.9 Å². The Morgan fingerprint density at radius 3 is 3.00 bits per heavy atom. The SMILES string of the molecule is Cc1cc2c(c(Br)c1-c1noc(CN)n1)OCO2. The minimum Gasteiger partial charge on any atom is -0.454 e. The molecule has 0 radical (unpaired) electrons. The third kappa shape index (κ3) is 1.67. The molecule has 1 aromatic carbocycles. The van der Waals surface area contributed by atoms with Crippen molar-refractivity contribution in [1.82, 2.24) is 10.1 Å². The van der Waals surface area contributed by atoms with E-state index in [-0.39, 0.29) is 13.3 Å². The van der Waals surface area contributed by atoms with Gasteiger partial charge in [0.15, 0.2) is 11.5 Å². The highest BCUT2D eigenvalue weighted by molar-refractivity contribution is 9.10. The Morgan fingerprint density at radius 2 is 2.28 bits per heavy atom. The summed E-state index contributed by atoms with van der Waals surface area (Å²) in [4.78, 5) is 4.22. The van der Waals surface area contributed by atoms with E-state index in [1.54, 1.807) is 0 Å². The minimum atomic E-state index is 0.216. The Morgan fingerprint density at radius 1 is 1.44 bits per heavy atom. The van der Waals surface area contributed by atoms with Gasteiger partial charge in [-0.25, -0.2) is 0 Å². The predicted octanol–water partition coefficient (Wildman–Crippen LogP) is 1.99. The number of halogens is 1. The molecule has 1 aromatic heterocycles. The van der Waals surface area contributed by atoms with Crippen LogP contribution in [0.5, 0.6) is 11.5 Å². The van der Waals surface area contributed by atoms with E-state index >= 15 is 0 Å². The Bertz CT molecular complexity index is 612. The molecule has 1 aliphatic heterocycles. The summed E-state index contributed by atoms with van der Waals surface area (Å²) in [5, 5.41) is 3.91. The van der Waals surface area contributed by atoms with E-state index in [0.717, 1.165) is 15.6 Å². The summed E-state index contributed by atoms with van der Waals surface area (Å²) in [7, 11) is 0. The molecule has 0 saturated heterocycles. The Hall–Kier alpha value is -1.60. The zero-order chi connectivity index (χ0) is 12.7. The zero-order valence-corrected chi connectivity index (χ0v) is 11.2. The molecule has 18 heavy (non-hydrogen) atoms. The first-order chi connectivity index (χ1) is 8.70. The largest absolute Gasteiger partial charge is 0.454 e. The summed E-state index contributed by atoms with van der Waals surface area (Å²) in [5.74, 6) is 2.26. The first-order valence-electron chi connectivity index (χ1n) is 5.32. The second kappa shape index (κ2) is 4.25. The summed E-state index contributed by atoms with van der Waals surface area (Å²) in [5.41, 5.74) is 7.24. The fourth-order valence-electron chi connectivity index (χ4n) is 1.84. The number of ether oxygens (including phenoxy) is 2. The molecule has 0 bridgehead atoms. The molecular formula is C11H10BrN3O3. The van der Waals surface area contributed by atoms with E-state index in [0.29, 0.717) is 23.2 Å². The molecule has 0 atom stereocenters. The van der Waals surface area contributed by atoms with Crippen molar-refractivity contribution in [2.75, 3.05) is 6.79 Å². The maximum Gasteiger partial charge on any atom is 0.240 e. The van der Waals surface area contributed by atoms with E-state index in [1.807, 2.05) is 13.0 Å². The molecule has 3 rings (SSSR count). The lowest BCUT2D eigenvalue weighted by Crippen LogP contribution is -1.96. The lowest BCUT2D eigenvalue weighted by molar-refractivity contribution is 0.173. The second-order valence-corrected chi connectivity index (χ2v) is 4.63. The van der Waals surface area contributed by atoms with Gasteiger partial charge in [0.05, 0.1) is 11.0 Å². The van der Waals surface area contributed by atoms with Crippen molar-refractivity contribution in [3.05, 3.63) is 22.0 Å². The van der Waals surface area contributed by atoms with E-state index in [2.05, 4.69) is 26.1 Å². The van der Waals surface area contributed by atoms with Crippen molar-refractivity contribution < 1.29 is 14.0 Å². The number of fused-ring (bicyclic) bond motifs is 1. The van der Waals surface area contributed by atoms with Crippen LogP contribution in [0.2, 0.25) is 0 Å². The molecule has 0 aliphatic carbocycles. The zero-order valence-electron chi connectivity index (χ0n) is 9.57. The van der Waals surface area contributed by atoms with Gasteiger partial charge >= 0.3 is 0 Å². The summed E-state index contributed by atoms with van der Waals surface area (Å²) in [6.07, 6.45) is 0. The maximum atomic E-state index is 5.45. The molecule has 7 heteroatoms. The lowest BCUT2D eigenvalue weighted by atomic mass is 10.1. The average Bonchev–Trinajstić information content (AvgIpc) is 2.97. The third-order valence-electron chi connectivity index (χ3n) is 2.67. The smallest absolute Gasteiger partial charge is 0.240 e. The molecule has 0 saturated carbocycles. The van der Waals surface area contributed by atoms with Crippen LogP contribution in [0.1, 0.15) is 11.5 Å². The van der Waals surface area contributed by atoms with Gasteiger partial charge in [0.2, 0.25) is 18.5 Å². The Labute approximate surface area is 111 Å². The number of nitrogens with two attached hydrogens (primary N) is 1. The van der Waals surface area contributed by atoms with Crippen molar-refractivity contribution in [2.24, 2.45) is 5.73 Å². The molecule has 0 fully saturated rings. The van der Waals surface area contributed by atoms with Crippen LogP contribution in [-0.4, -0.2) is 16.9 Å². The monoisotopic (exact) mass is 311 g/mol. The highest BCUT2D eigenvalue weighted by Gasteiger charge is 2.24. The van der Waals surface area contributed by atoms with E-state index < -0.39 is 0 Å². The van der Waals surface area contributed by atoms with Crippen LogP contribution in [-0.2, 0) is 6.54 Å². The Kier molecular flexibility index (Phi) is 2.71. The highest BCUT2D eigenvalue weighted by atomic mass is 79.9. The normalized spacial score (nSPS) is 13.1. The number of nitrogens with zero attached hydrogens (tertiary/aromatic N) is 2. The fourth-order valence-corrected chi connectivity index (χ4v) is 2.64. The van der Waals surface area contributed by atoms with Crippen LogP contribution in [0.4, 0.5) is 0 Å². The minimum absolute atomic E-state index is 0.216. The molecular weight excluding hydrogens is 302 g/mol. The molecule has 2 N–H and O–H groups in total. The predicted molar refractivity (Wildman–Crippen MR) is 66.2 cm³/mol. The highest BCUT2D eigenvalue weighted by Crippen LogP contribution is 2.45. The van der Waals surface area contributed by atoms with Gasteiger partial charge in [-0.2, -0.15) is 4.98 Å². The van der Waals surface area contributed by atoms with Gasteiger partial charge < -0.3 is 19.7 Å². The van der Waals surface area contributed by atoms with Crippen LogP contribution < -0.4 is 15.2 Å². The van der Waals surface area contributed by atoms with E-state index in [1.165, 1.54) is 0 Å². The number of rotatable bonds is 2. The first-order valence-corrected chi connectivity index (χ1v) is 6.11. The molecule has 94 valence electrons. The maximum absolute atomic E-state index is 5.45. The van der Waals surface area contributed by atoms with Crippen LogP contribution in [0.3, 0.4) is 0 Å². The molecule has 2 heterocycles. The topological polar surface area (TPSA) is 83.4 Å². The van der Waals surface area contributed by atoms with Crippen molar-refractivity contribution in [1.29, 1.82) is 0 Å². The van der Waals surface area contributed by atoms with E-state index in [9.17, 15) is 0 Å². The van der Waals surface area contributed by atoms with Gasteiger partial charge in [0.1, 0.15) is 0 Å². The van der Waals surface area contributed by atoms with Gasteiger partial charge in [-0.3, -0.25) is 0 Å². The van der Waals surface area contributed by atoms with Crippen LogP contribution in [0.25, 0.3) is 11.4 Å². The summed E-state index contributed by atoms with van der Waals surface area (Å²) < 4.78 is 16.5. The summed E-state index contributed by atoms with van der Waals surface area (Å²) >= 11 is 3.49. The third-order valence-corrected chi connectivity index (χ3v) is 3.43. The second-order valence-electron chi connectivity index (χ2n) is 3.83. The molecule has 0 amide bonds. The first kappa shape index (κ1) is 11.5. The molecule has 6 nitrogen and oxygen atoms in total. The van der Waals surface area contributed by atoms with Gasteiger partial charge in [0.25, 0.3) is 0 Å². The number of aromatic nitrogens is 2. The van der Waals surface area contributed by atoms with Crippen LogP contribution in [0.15, 0.2) is 15.1 Å². The average molecular weight is 312 g/mol. The Balaban J connectivity index is 2.17. The number of benzene rings is 1. The summed E-state index contributed by atoms with van der Waals surface area (Å²) in [6, 6.07) is 1.89. The quantitative estimate of drug-likeness (QED) is 0.913. The van der Waals surface area contributed by atoms with E-state index in [4.69, 9.17) is 19.7 Å². The fraction of sp³-hybridized carbons (Fsp3) is 0.273. The molecule has 1 aliphatic rings. The van der Waals surface area contributed by atoms with Crippen molar-refractivity contribution >= 4 is 15.9 Å². The number of hydrogen-bond acceptors (Lipinski definition) is 6. The molecule has 0 unspecified atom stereocenters. The number of hydrogen-bond donors (Lipinski definition) is 1. The summed E-state index contributed by atoms with van der Waals surface area (Å²) in [6.45, 7) is 2.38. The van der Waals surface area contributed by atoms with Gasteiger partial charge in [-0.05, 0) is 34.5 Å². The van der Waals surface area contributed by atoms with Crippen molar-refractivity contribution in [3.63, 3.8) is 0 Å².